The molecule has 1 fully saturated rings. The lowest BCUT2D eigenvalue weighted by molar-refractivity contribution is -0.127. The molecular weight excluding hydrogens is 342 g/mol. The molecule has 1 saturated heterocycles. The summed E-state index contributed by atoms with van der Waals surface area (Å²) in [5.41, 5.74) is 2.34. The predicted molar refractivity (Wildman–Crippen MR) is 109 cm³/mol. The monoisotopic (exact) mass is 367 g/mol. The third-order valence-electron chi connectivity index (χ3n) is 4.60. The largest absolute Gasteiger partial charge is 0.363 e. The number of hydrogen-bond donors (Lipinski definition) is 2. The number of hydrogen-bond acceptors (Lipinski definition) is 2. The van der Waals surface area contributed by atoms with Gasteiger partial charge in [0.05, 0.1) is 6.04 Å². The van der Waals surface area contributed by atoms with Crippen molar-refractivity contribution in [1.82, 2.24) is 15.5 Å². The Balaban J connectivity index is 1.53. The highest BCUT2D eigenvalue weighted by molar-refractivity contribution is 7.80. The Morgan fingerprint density at radius 2 is 1.65 bits per heavy atom. The summed E-state index contributed by atoms with van der Waals surface area (Å²) >= 11 is 5.50. The second-order valence-corrected chi connectivity index (χ2v) is 6.90. The predicted octanol–water partition coefficient (Wildman–Crippen LogP) is 3.25. The molecule has 0 radical (unpaired) electrons. The smallest absolute Gasteiger partial charge is 0.222 e. The number of carbonyl (C=O) groups is 1. The summed E-state index contributed by atoms with van der Waals surface area (Å²) < 4.78 is 0. The van der Waals surface area contributed by atoms with E-state index in [2.05, 4.69) is 34.9 Å². The van der Waals surface area contributed by atoms with Crippen molar-refractivity contribution in [3.05, 3.63) is 71.8 Å². The van der Waals surface area contributed by atoms with Crippen molar-refractivity contribution in [2.24, 2.45) is 0 Å². The highest BCUT2D eigenvalue weighted by Gasteiger charge is 2.19. The van der Waals surface area contributed by atoms with Crippen LogP contribution in [0.15, 0.2) is 60.7 Å². The van der Waals surface area contributed by atoms with Crippen molar-refractivity contribution in [2.75, 3.05) is 19.6 Å². The van der Waals surface area contributed by atoms with Crippen LogP contribution in [0.1, 0.15) is 36.4 Å². The number of amides is 1. The summed E-state index contributed by atoms with van der Waals surface area (Å²) in [5, 5.41) is 7.34. The summed E-state index contributed by atoms with van der Waals surface area (Å²) in [6.45, 7) is 2.45. The number of nitrogens with zero attached hydrogens (tertiary/aromatic N) is 1. The van der Waals surface area contributed by atoms with Crippen LogP contribution in [0.25, 0.3) is 0 Å². The van der Waals surface area contributed by atoms with Gasteiger partial charge in [-0.3, -0.25) is 4.79 Å². The first kappa shape index (κ1) is 18.4. The Kier molecular flexibility index (Phi) is 6.61. The first-order valence-electron chi connectivity index (χ1n) is 9.16. The number of likely N-dealkylation sites (tertiary alicyclic amines) is 1. The summed E-state index contributed by atoms with van der Waals surface area (Å²) in [6, 6.07) is 20.6. The van der Waals surface area contributed by atoms with Gasteiger partial charge >= 0.3 is 0 Å². The van der Waals surface area contributed by atoms with E-state index < -0.39 is 0 Å². The van der Waals surface area contributed by atoms with E-state index in [9.17, 15) is 4.79 Å². The molecule has 3 rings (SSSR count). The highest BCUT2D eigenvalue weighted by atomic mass is 32.1. The van der Waals surface area contributed by atoms with Crippen LogP contribution in [0, 0.1) is 0 Å². The Hall–Kier alpha value is -2.40. The van der Waals surface area contributed by atoms with Gasteiger partial charge in [-0.1, -0.05) is 60.7 Å². The maximum absolute atomic E-state index is 11.6. The quantitative estimate of drug-likeness (QED) is 0.582. The molecule has 0 aliphatic carbocycles. The van der Waals surface area contributed by atoms with E-state index in [1.54, 1.807) is 0 Å². The van der Waals surface area contributed by atoms with Gasteiger partial charge in [-0.2, -0.15) is 0 Å². The van der Waals surface area contributed by atoms with Gasteiger partial charge in [-0.15, -0.1) is 0 Å². The van der Waals surface area contributed by atoms with Crippen molar-refractivity contribution < 1.29 is 4.79 Å². The van der Waals surface area contributed by atoms with E-state index in [0.29, 0.717) is 11.5 Å². The van der Waals surface area contributed by atoms with E-state index in [1.807, 2.05) is 41.3 Å². The van der Waals surface area contributed by atoms with Crippen molar-refractivity contribution in [3.63, 3.8) is 0 Å². The van der Waals surface area contributed by atoms with Crippen LogP contribution >= 0.6 is 12.2 Å². The standard InChI is InChI=1S/C21H25N3OS/c25-19-13-7-15-24(19)16-8-14-22-21(26)23-20(17-9-3-1-4-10-17)18-11-5-2-6-12-18/h1-6,9-12,20H,7-8,13-16H2,(H2,22,23,26). The summed E-state index contributed by atoms with van der Waals surface area (Å²) in [5.74, 6) is 0.277. The highest BCUT2D eigenvalue weighted by Crippen LogP contribution is 2.21. The lowest BCUT2D eigenvalue weighted by Gasteiger charge is -2.22. The van der Waals surface area contributed by atoms with Gasteiger partial charge < -0.3 is 15.5 Å². The summed E-state index contributed by atoms with van der Waals surface area (Å²) in [4.78, 5) is 13.6. The van der Waals surface area contributed by atoms with Gasteiger partial charge in [0.2, 0.25) is 5.91 Å². The molecule has 0 saturated carbocycles. The maximum atomic E-state index is 11.6. The minimum absolute atomic E-state index is 0.0116. The molecule has 26 heavy (non-hydrogen) atoms. The minimum Gasteiger partial charge on any atom is -0.363 e. The van der Waals surface area contributed by atoms with Crippen LogP contribution in [0.3, 0.4) is 0 Å². The molecule has 0 aromatic heterocycles. The molecule has 5 heteroatoms. The zero-order valence-electron chi connectivity index (χ0n) is 14.9. The number of thiocarbonyl (C=S) groups is 1. The van der Waals surface area contributed by atoms with Gasteiger partial charge in [-0.25, -0.2) is 0 Å². The average Bonchev–Trinajstić information content (AvgIpc) is 3.09. The first-order chi connectivity index (χ1) is 12.7. The zero-order valence-corrected chi connectivity index (χ0v) is 15.7. The second kappa shape index (κ2) is 9.34. The first-order valence-corrected chi connectivity index (χ1v) is 9.57. The molecular formula is C21H25N3OS. The summed E-state index contributed by atoms with van der Waals surface area (Å²) in [7, 11) is 0. The van der Waals surface area contributed by atoms with Gasteiger partial charge in [0.1, 0.15) is 0 Å². The lowest BCUT2D eigenvalue weighted by atomic mass is 9.99. The summed E-state index contributed by atoms with van der Waals surface area (Å²) in [6.07, 6.45) is 2.58. The number of benzene rings is 2. The molecule has 0 spiro atoms. The van der Waals surface area contributed by atoms with E-state index >= 15 is 0 Å². The van der Waals surface area contributed by atoms with Gasteiger partial charge in [0.25, 0.3) is 0 Å². The molecule has 0 unspecified atom stereocenters. The number of rotatable bonds is 7. The minimum atomic E-state index is 0.0116. The Labute approximate surface area is 160 Å². The van der Waals surface area contributed by atoms with E-state index in [-0.39, 0.29) is 11.9 Å². The molecule has 0 atom stereocenters. The van der Waals surface area contributed by atoms with Crippen LogP contribution in [0.2, 0.25) is 0 Å². The van der Waals surface area contributed by atoms with Crippen LogP contribution in [0.4, 0.5) is 0 Å². The number of nitrogens with one attached hydrogen (secondary N) is 2. The Morgan fingerprint density at radius 1 is 1.04 bits per heavy atom. The van der Waals surface area contributed by atoms with Crippen LogP contribution < -0.4 is 10.6 Å². The van der Waals surface area contributed by atoms with Crippen molar-refractivity contribution in [2.45, 2.75) is 25.3 Å². The van der Waals surface area contributed by atoms with Gasteiger partial charge in [0, 0.05) is 26.1 Å². The van der Waals surface area contributed by atoms with Crippen molar-refractivity contribution >= 4 is 23.2 Å². The molecule has 136 valence electrons. The molecule has 4 nitrogen and oxygen atoms in total. The Morgan fingerprint density at radius 3 is 2.19 bits per heavy atom. The maximum Gasteiger partial charge on any atom is 0.222 e. The molecule has 1 aliphatic heterocycles. The molecule has 2 aromatic rings. The van der Waals surface area contributed by atoms with E-state index in [4.69, 9.17) is 12.2 Å². The van der Waals surface area contributed by atoms with Crippen molar-refractivity contribution in [3.8, 4) is 0 Å². The molecule has 1 aliphatic rings. The topological polar surface area (TPSA) is 44.4 Å². The van der Waals surface area contributed by atoms with E-state index in [1.165, 1.54) is 11.1 Å². The molecule has 2 aromatic carbocycles. The average molecular weight is 368 g/mol. The second-order valence-electron chi connectivity index (χ2n) is 6.49. The molecule has 0 bridgehead atoms. The van der Waals surface area contributed by atoms with Crippen molar-refractivity contribution in [1.29, 1.82) is 0 Å². The Bertz CT molecular complexity index is 681. The molecule has 1 amide bonds. The zero-order chi connectivity index (χ0) is 18.2. The molecule has 1 heterocycles. The fourth-order valence-corrected chi connectivity index (χ4v) is 3.46. The fourth-order valence-electron chi connectivity index (χ4n) is 3.24. The third-order valence-corrected chi connectivity index (χ3v) is 4.87. The lowest BCUT2D eigenvalue weighted by Crippen LogP contribution is -2.39. The fraction of sp³-hybridized carbons (Fsp3) is 0.333. The normalized spacial score (nSPS) is 13.9. The number of carbonyl (C=O) groups excluding carboxylic acids is 1. The van der Waals surface area contributed by atoms with Crippen LogP contribution in [-0.4, -0.2) is 35.6 Å². The van der Waals surface area contributed by atoms with Gasteiger partial charge in [-0.05, 0) is 36.2 Å². The van der Waals surface area contributed by atoms with E-state index in [0.717, 1.165) is 32.5 Å². The van der Waals surface area contributed by atoms with Crippen LogP contribution in [-0.2, 0) is 4.79 Å². The molecule has 2 N–H and O–H groups in total. The third kappa shape index (κ3) is 5.05. The SMILES string of the molecule is O=C1CCCN1CCCNC(=S)NC(c1ccccc1)c1ccccc1. The van der Waals surface area contributed by atoms with Gasteiger partial charge in [0.15, 0.2) is 5.11 Å². The van der Waals surface area contributed by atoms with Crippen LogP contribution in [0.5, 0.6) is 0 Å².